The first kappa shape index (κ1) is 16.7. The lowest BCUT2D eigenvalue weighted by Crippen LogP contribution is -2.48. The van der Waals surface area contributed by atoms with Crippen LogP contribution in [0.4, 0.5) is 0 Å². The van der Waals surface area contributed by atoms with Crippen molar-refractivity contribution in [1.82, 2.24) is 4.90 Å². The molecule has 1 aliphatic carbocycles. The summed E-state index contributed by atoms with van der Waals surface area (Å²) in [6.45, 7) is 6.08. The van der Waals surface area contributed by atoms with E-state index in [1.54, 1.807) is 20.3 Å². The summed E-state index contributed by atoms with van der Waals surface area (Å²) in [5.74, 6) is -0.196. The maximum atomic E-state index is 11.9. The molecule has 2 unspecified atom stereocenters. The largest absolute Gasteiger partial charge is 0.449 e. The Morgan fingerprint density at radius 1 is 1.30 bits per heavy atom. The van der Waals surface area contributed by atoms with Crippen molar-refractivity contribution in [3.8, 4) is 0 Å². The lowest BCUT2D eigenvalue weighted by atomic mass is 9.77. The molecule has 2 bridgehead atoms. The second-order valence-corrected chi connectivity index (χ2v) is 6.44. The van der Waals surface area contributed by atoms with Crippen LogP contribution in [0.2, 0.25) is 0 Å². The molecule has 0 amide bonds. The van der Waals surface area contributed by atoms with Crippen molar-refractivity contribution in [2.75, 3.05) is 14.2 Å². The molecule has 0 N–H and O–H groups in total. The summed E-state index contributed by atoms with van der Waals surface area (Å²) < 4.78 is 16.8. The molecule has 3 aliphatic heterocycles. The maximum Gasteiger partial charge on any atom is 0.332 e. The Morgan fingerprint density at radius 3 is 2.65 bits per heavy atom. The monoisotopic (exact) mass is 321 g/mol. The minimum Gasteiger partial charge on any atom is -0.449 e. The number of hydrogen-bond acceptors (Lipinski definition) is 5. The number of rotatable bonds is 3. The minimum atomic E-state index is -0.429. The quantitative estimate of drug-likeness (QED) is 0.590. The summed E-state index contributed by atoms with van der Waals surface area (Å²) >= 11 is 0. The van der Waals surface area contributed by atoms with E-state index in [4.69, 9.17) is 14.2 Å². The molecule has 2 fully saturated rings. The predicted molar refractivity (Wildman–Crippen MR) is 86.9 cm³/mol. The van der Waals surface area contributed by atoms with Gasteiger partial charge in [-0.1, -0.05) is 19.9 Å². The average Bonchev–Trinajstić information content (AvgIpc) is 3.18. The number of carbonyl (C=O) groups is 1. The lowest BCUT2D eigenvalue weighted by molar-refractivity contribution is -0.151. The molecule has 5 heteroatoms. The van der Waals surface area contributed by atoms with Crippen LogP contribution in [0.15, 0.2) is 23.3 Å². The Balaban J connectivity index is 0.000000753. The second-order valence-electron chi connectivity index (χ2n) is 6.44. The summed E-state index contributed by atoms with van der Waals surface area (Å²) in [4.78, 5) is 14.3. The summed E-state index contributed by atoms with van der Waals surface area (Å²) in [6, 6.07) is 0.766. The zero-order chi connectivity index (χ0) is 16.8. The van der Waals surface area contributed by atoms with Crippen molar-refractivity contribution in [2.45, 2.75) is 70.1 Å². The zero-order valence-corrected chi connectivity index (χ0v) is 14.7. The summed E-state index contributed by atoms with van der Waals surface area (Å²) in [7, 11) is 3.37. The van der Waals surface area contributed by atoms with Crippen molar-refractivity contribution in [2.24, 2.45) is 0 Å². The van der Waals surface area contributed by atoms with Gasteiger partial charge >= 0.3 is 5.97 Å². The van der Waals surface area contributed by atoms with Gasteiger partial charge in [0.2, 0.25) is 0 Å². The van der Waals surface area contributed by atoms with Gasteiger partial charge in [-0.25, -0.2) is 4.79 Å². The molecule has 5 nitrogen and oxygen atoms in total. The van der Waals surface area contributed by atoms with Gasteiger partial charge in [-0.2, -0.15) is 0 Å². The van der Waals surface area contributed by atoms with Gasteiger partial charge in [0.25, 0.3) is 0 Å². The molecule has 2 saturated heterocycles. The van der Waals surface area contributed by atoms with Crippen LogP contribution in [-0.4, -0.2) is 55.1 Å². The fourth-order valence-electron chi connectivity index (χ4n) is 4.92. The van der Waals surface area contributed by atoms with Gasteiger partial charge in [0.05, 0.1) is 12.1 Å². The van der Waals surface area contributed by atoms with Crippen molar-refractivity contribution < 1.29 is 19.0 Å². The third-order valence-electron chi connectivity index (χ3n) is 5.56. The van der Waals surface area contributed by atoms with Crippen molar-refractivity contribution in [3.63, 3.8) is 0 Å². The van der Waals surface area contributed by atoms with Gasteiger partial charge in [0.15, 0.2) is 11.9 Å². The number of methoxy groups -OCH3 is 2. The van der Waals surface area contributed by atoms with Crippen molar-refractivity contribution in [3.05, 3.63) is 23.3 Å². The topological polar surface area (TPSA) is 48.0 Å². The highest BCUT2D eigenvalue weighted by molar-refractivity contribution is 5.89. The molecule has 4 atom stereocenters. The fourth-order valence-corrected chi connectivity index (χ4v) is 4.92. The van der Waals surface area contributed by atoms with Crippen LogP contribution in [0.5, 0.6) is 0 Å². The fraction of sp³-hybridized carbons (Fsp3) is 0.722. The van der Waals surface area contributed by atoms with E-state index in [1.807, 2.05) is 13.8 Å². The molecule has 4 rings (SSSR count). The highest BCUT2D eigenvalue weighted by Crippen LogP contribution is 2.55. The lowest BCUT2D eigenvalue weighted by Gasteiger charge is -2.34. The molecule has 0 saturated carbocycles. The smallest absolute Gasteiger partial charge is 0.332 e. The van der Waals surface area contributed by atoms with Gasteiger partial charge in [0.1, 0.15) is 0 Å². The van der Waals surface area contributed by atoms with E-state index in [0.29, 0.717) is 6.04 Å². The average molecular weight is 321 g/mol. The maximum absolute atomic E-state index is 11.9. The number of carbonyl (C=O) groups excluding carboxylic acids is 1. The molecule has 3 heterocycles. The Morgan fingerprint density at radius 2 is 2.00 bits per heavy atom. The first-order valence-corrected chi connectivity index (χ1v) is 8.57. The van der Waals surface area contributed by atoms with E-state index in [2.05, 4.69) is 17.9 Å². The van der Waals surface area contributed by atoms with Gasteiger partial charge < -0.3 is 14.2 Å². The first-order valence-electron chi connectivity index (χ1n) is 8.57. The molecule has 4 aliphatic rings. The van der Waals surface area contributed by atoms with E-state index < -0.39 is 5.60 Å². The van der Waals surface area contributed by atoms with Crippen LogP contribution >= 0.6 is 0 Å². The van der Waals surface area contributed by atoms with Crippen LogP contribution in [-0.2, 0) is 19.0 Å². The standard InChI is InChI=1S/C16H21NO4.C2H6/c1-9-6-10-8-16(11(9)7-14(18)21-16)13-5-4-12(17(10)13)15(19-2)20-3;1-2/h6-7,10,12-13,15H,4-5,8H2,1-3H3;1-2H3/t10-,12?,13?,16+;/m1./s1. The van der Waals surface area contributed by atoms with Crippen LogP contribution in [0.3, 0.4) is 0 Å². The summed E-state index contributed by atoms with van der Waals surface area (Å²) in [6.07, 6.45) is 6.60. The normalized spacial score (nSPS) is 37.7. The summed E-state index contributed by atoms with van der Waals surface area (Å²) in [5, 5.41) is 0. The van der Waals surface area contributed by atoms with Crippen LogP contribution in [0, 0.1) is 0 Å². The minimum absolute atomic E-state index is 0.196. The number of nitrogens with zero attached hydrogens (tertiary/aromatic N) is 1. The Kier molecular flexibility index (Phi) is 4.38. The molecule has 0 aromatic carbocycles. The van der Waals surface area contributed by atoms with E-state index in [0.717, 1.165) is 24.8 Å². The number of ether oxygens (including phenoxy) is 3. The number of hydrogen-bond donors (Lipinski definition) is 0. The third kappa shape index (κ3) is 2.21. The molecule has 0 aromatic rings. The molecule has 23 heavy (non-hydrogen) atoms. The van der Waals surface area contributed by atoms with Crippen LogP contribution in [0.25, 0.3) is 0 Å². The van der Waals surface area contributed by atoms with Crippen molar-refractivity contribution in [1.29, 1.82) is 0 Å². The molecule has 1 spiro atoms. The first-order chi connectivity index (χ1) is 11.1. The second kappa shape index (κ2) is 6.04. The zero-order valence-electron chi connectivity index (χ0n) is 14.7. The Labute approximate surface area is 138 Å². The number of fused-ring (bicyclic) bond motifs is 3. The third-order valence-corrected chi connectivity index (χ3v) is 5.56. The Bertz CT molecular complexity index is 551. The van der Waals surface area contributed by atoms with E-state index in [-0.39, 0.29) is 24.3 Å². The SMILES string of the molecule is CC.COC(OC)C1CCC2N1[C@@H]1C=C(C)C3=CC(=O)O[C@@]32C1. The Hall–Kier alpha value is -1.17. The van der Waals surface area contributed by atoms with Crippen LogP contribution < -0.4 is 0 Å². The predicted octanol–water partition coefficient (Wildman–Crippen LogP) is 2.42. The van der Waals surface area contributed by atoms with E-state index in [9.17, 15) is 4.79 Å². The van der Waals surface area contributed by atoms with E-state index in [1.165, 1.54) is 5.57 Å². The molecule has 0 aromatic heterocycles. The van der Waals surface area contributed by atoms with Crippen molar-refractivity contribution >= 4 is 5.97 Å². The highest BCUT2D eigenvalue weighted by atomic mass is 16.7. The summed E-state index contributed by atoms with van der Waals surface area (Å²) in [5.41, 5.74) is 1.83. The molecular weight excluding hydrogens is 294 g/mol. The van der Waals surface area contributed by atoms with E-state index >= 15 is 0 Å². The van der Waals surface area contributed by atoms with Gasteiger partial charge in [-0.05, 0) is 25.3 Å². The van der Waals surface area contributed by atoms with Gasteiger partial charge in [-0.15, -0.1) is 0 Å². The highest BCUT2D eigenvalue weighted by Gasteiger charge is 2.64. The molecule has 0 radical (unpaired) electrons. The van der Waals surface area contributed by atoms with Gasteiger partial charge in [0, 0.05) is 38.3 Å². The molecule has 128 valence electrons. The molecular formula is C18H27NO4. The number of esters is 1. The van der Waals surface area contributed by atoms with Crippen LogP contribution in [0.1, 0.15) is 40.0 Å². The van der Waals surface area contributed by atoms with Gasteiger partial charge in [-0.3, -0.25) is 4.90 Å².